The van der Waals surface area contributed by atoms with Crippen LogP contribution in [0.3, 0.4) is 0 Å². The van der Waals surface area contributed by atoms with E-state index in [4.69, 9.17) is 5.11 Å². The third kappa shape index (κ3) is 7.59. The van der Waals surface area contributed by atoms with Crippen LogP contribution in [0.25, 0.3) is 0 Å². The van der Waals surface area contributed by atoms with Gasteiger partial charge in [0.25, 0.3) is 11.4 Å². The van der Waals surface area contributed by atoms with E-state index < -0.39 is 37.9 Å². The van der Waals surface area contributed by atoms with Gasteiger partial charge >= 0.3 is 12.0 Å². The van der Waals surface area contributed by atoms with Crippen LogP contribution in [0, 0.1) is 37.3 Å². The molecule has 0 radical (unpaired) electrons. The molecule has 0 bridgehead atoms. The van der Waals surface area contributed by atoms with Crippen molar-refractivity contribution in [3.8, 4) is 0 Å². The smallest absolute Gasteiger partial charge is 0.392 e. The lowest BCUT2D eigenvalue weighted by Crippen LogP contribution is -2.27. The fourth-order valence-corrected chi connectivity index (χ4v) is 3.22. The van der Waals surface area contributed by atoms with Gasteiger partial charge in [-0.3, -0.25) is 20.2 Å². The van der Waals surface area contributed by atoms with E-state index in [2.05, 4.69) is 4.98 Å². The number of halogens is 3. The monoisotopic (exact) mass is 506 g/mol. The van der Waals surface area contributed by atoms with Crippen LogP contribution in [-0.2, 0) is 12.7 Å². The number of rotatable bonds is 10. The molecule has 0 aliphatic heterocycles. The summed E-state index contributed by atoms with van der Waals surface area (Å²) in [6.07, 6.45) is -2.65. The first kappa shape index (κ1) is 29.2. The van der Waals surface area contributed by atoms with E-state index in [1.165, 1.54) is 15.7 Å². The molecule has 1 N–H and O–H groups in total. The lowest BCUT2D eigenvalue weighted by atomic mass is 10.1. The minimum Gasteiger partial charge on any atom is -0.392 e. The summed E-state index contributed by atoms with van der Waals surface area (Å²) in [6.45, 7) is 5.80. The van der Waals surface area contributed by atoms with Crippen molar-refractivity contribution in [1.29, 1.82) is 0 Å². The van der Waals surface area contributed by atoms with Crippen molar-refractivity contribution in [3.63, 3.8) is 0 Å². The first-order chi connectivity index (χ1) is 16.3. The summed E-state index contributed by atoms with van der Waals surface area (Å²) >= 11 is 0. The Hall–Kier alpha value is -3.82. The van der Waals surface area contributed by atoms with Crippen LogP contribution in [0.1, 0.15) is 38.1 Å². The number of benzene rings is 1. The molecule has 0 unspecified atom stereocenters. The van der Waals surface area contributed by atoms with Gasteiger partial charge in [0.2, 0.25) is 0 Å². The molecule has 0 saturated heterocycles. The highest BCUT2D eigenvalue weighted by Gasteiger charge is 2.39. The number of alkyl halides is 3. The minimum atomic E-state index is -4.91. The molecule has 0 aliphatic carbocycles. The Bertz CT molecular complexity index is 1020. The quantitative estimate of drug-likeness (QED) is 0.365. The molecule has 0 spiro atoms. The van der Waals surface area contributed by atoms with E-state index in [0.29, 0.717) is 30.8 Å². The number of aryl methyl sites for hydroxylation is 1. The number of nitrogens with zero attached hydrogens (tertiary/aromatic N) is 6. The zero-order valence-corrected chi connectivity index (χ0v) is 19.2. The van der Waals surface area contributed by atoms with Gasteiger partial charge < -0.3 is 20.1 Å². The summed E-state index contributed by atoms with van der Waals surface area (Å²) < 4.78 is 39.9. The Morgan fingerprint density at radius 1 is 1.00 bits per heavy atom. The molecule has 35 heavy (non-hydrogen) atoms. The zero-order chi connectivity index (χ0) is 26.9. The Labute approximate surface area is 197 Å². The van der Waals surface area contributed by atoms with E-state index in [0.717, 1.165) is 0 Å². The SMILES string of the molecule is CCCN(CCC)c1c([N+](=O)[O-])cc(C(F)(F)F)cc1[N+](=O)[O-].Cc1ncc([N+](=O)[O-])n1CCO. The maximum Gasteiger partial charge on any atom is 0.416 e. The average Bonchev–Trinajstić information content (AvgIpc) is 3.13. The van der Waals surface area contributed by atoms with Crippen molar-refractivity contribution in [2.45, 2.75) is 46.3 Å². The number of hydrogen-bond donors (Lipinski definition) is 1. The van der Waals surface area contributed by atoms with Gasteiger partial charge in [0.15, 0.2) is 11.5 Å². The molecule has 0 aliphatic rings. The molecule has 1 aromatic carbocycles. The van der Waals surface area contributed by atoms with Crippen molar-refractivity contribution in [3.05, 3.63) is 60.1 Å². The van der Waals surface area contributed by atoms with Gasteiger partial charge in [-0.2, -0.15) is 13.2 Å². The fraction of sp³-hybridized carbons (Fsp3) is 0.526. The van der Waals surface area contributed by atoms with E-state index in [1.807, 2.05) is 0 Å². The van der Waals surface area contributed by atoms with Gasteiger partial charge in [0, 0.05) is 32.1 Å². The molecule has 0 amide bonds. The molecule has 16 heteroatoms. The van der Waals surface area contributed by atoms with Crippen LogP contribution in [-0.4, -0.2) is 49.1 Å². The van der Waals surface area contributed by atoms with E-state index in [1.54, 1.807) is 20.8 Å². The average molecular weight is 506 g/mol. The third-order valence-corrected chi connectivity index (χ3v) is 4.64. The lowest BCUT2D eigenvalue weighted by molar-refractivity contribution is -0.393. The van der Waals surface area contributed by atoms with Gasteiger partial charge in [-0.25, -0.2) is 9.55 Å². The van der Waals surface area contributed by atoms with Crippen molar-refractivity contribution in [2.24, 2.45) is 0 Å². The first-order valence-electron chi connectivity index (χ1n) is 10.4. The fourth-order valence-electron chi connectivity index (χ4n) is 3.22. The number of anilines is 1. The maximum absolute atomic E-state index is 12.8. The second kappa shape index (κ2) is 12.6. The second-order valence-electron chi connectivity index (χ2n) is 7.16. The Kier molecular flexibility index (Phi) is 10.5. The highest BCUT2D eigenvalue weighted by Crippen LogP contribution is 2.43. The maximum atomic E-state index is 12.8. The molecular weight excluding hydrogens is 481 g/mol. The summed E-state index contributed by atoms with van der Waals surface area (Å²) in [6, 6.07) is 0.696. The number of nitro groups is 3. The molecule has 1 heterocycles. The first-order valence-corrected chi connectivity index (χ1v) is 10.4. The van der Waals surface area contributed by atoms with Crippen molar-refractivity contribution in [1.82, 2.24) is 9.55 Å². The minimum absolute atomic E-state index is 0.0819. The van der Waals surface area contributed by atoms with E-state index in [-0.39, 0.29) is 37.7 Å². The van der Waals surface area contributed by atoms with Crippen LogP contribution < -0.4 is 4.90 Å². The van der Waals surface area contributed by atoms with Crippen LogP contribution in [0.5, 0.6) is 0 Å². The molecule has 0 saturated carbocycles. The Balaban J connectivity index is 0.000000427. The number of hydrogen-bond acceptors (Lipinski definition) is 9. The van der Waals surface area contributed by atoms with Crippen molar-refractivity contribution in [2.75, 3.05) is 24.6 Å². The number of aliphatic hydroxyl groups excluding tert-OH is 1. The highest BCUT2D eigenvalue weighted by atomic mass is 19.4. The van der Waals surface area contributed by atoms with Crippen LogP contribution in [0.4, 0.5) is 36.1 Å². The lowest BCUT2D eigenvalue weighted by Gasteiger charge is -2.23. The summed E-state index contributed by atoms with van der Waals surface area (Å²) in [5.74, 6) is 0.456. The van der Waals surface area contributed by atoms with E-state index in [9.17, 15) is 43.5 Å². The highest BCUT2D eigenvalue weighted by molar-refractivity contribution is 5.76. The molecule has 0 atom stereocenters. The van der Waals surface area contributed by atoms with Gasteiger partial charge in [0.1, 0.15) is 12.7 Å². The molecular formula is C19H25F3N6O7. The van der Waals surface area contributed by atoms with Gasteiger partial charge in [-0.15, -0.1) is 0 Å². The molecule has 2 rings (SSSR count). The van der Waals surface area contributed by atoms with Crippen LogP contribution in [0.15, 0.2) is 18.3 Å². The normalized spacial score (nSPS) is 10.9. The zero-order valence-electron chi connectivity index (χ0n) is 19.2. The molecule has 13 nitrogen and oxygen atoms in total. The van der Waals surface area contributed by atoms with Crippen molar-refractivity contribution >= 4 is 22.9 Å². The topological polar surface area (TPSA) is 171 Å². The molecule has 2 aromatic rings. The predicted molar refractivity (Wildman–Crippen MR) is 118 cm³/mol. The summed E-state index contributed by atoms with van der Waals surface area (Å²) in [7, 11) is 0. The number of aliphatic hydroxyl groups is 1. The third-order valence-electron chi connectivity index (χ3n) is 4.64. The summed E-state index contributed by atoms with van der Waals surface area (Å²) in [5, 5.41) is 41.3. The van der Waals surface area contributed by atoms with Gasteiger partial charge in [0.05, 0.1) is 22.0 Å². The Morgan fingerprint density at radius 2 is 1.49 bits per heavy atom. The number of imidazole rings is 1. The summed E-state index contributed by atoms with van der Waals surface area (Å²) in [5.41, 5.74) is -3.61. The van der Waals surface area contributed by atoms with Crippen molar-refractivity contribution < 1.29 is 33.0 Å². The van der Waals surface area contributed by atoms with Gasteiger partial charge in [-0.05, 0) is 17.8 Å². The molecule has 1 aromatic heterocycles. The largest absolute Gasteiger partial charge is 0.416 e. The molecule has 0 fully saturated rings. The van der Waals surface area contributed by atoms with Crippen LogP contribution in [0.2, 0.25) is 0 Å². The standard InChI is InChI=1S/C13H16F3N3O4.C6H9N3O3/c1-3-5-17(6-4-2)12-10(18(20)21)7-9(13(14,15)16)8-11(12)19(22)23;1-5-7-4-6(9(11)12)8(5)2-3-10/h7-8H,3-6H2,1-2H3;4,10H,2-3H2,1H3. The van der Waals surface area contributed by atoms with E-state index >= 15 is 0 Å². The predicted octanol–water partition coefficient (Wildman–Crippen LogP) is 4.24. The molecule has 194 valence electrons. The number of aromatic nitrogens is 2. The number of nitro benzene ring substituents is 2. The summed E-state index contributed by atoms with van der Waals surface area (Å²) in [4.78, 5) is 35.3. The second-order valence-corrected chi connectivity index (χ2v) is 7.16. The van der Waals surface area contributed by atoms with Crippen LogP contribution >= 0.6 is 0 Å². The Morgan fingerprint density at radius 3 is 1.83 bits per heavy atom. The van der Waals surface area contributed by atoms with Gasteiger partial charge in [-0.1, -0.05) is 13.8 Å².